The van der Waals surface area contributed by atoms with Gasteiger partial charge in [0.05, 0.1) is 12.4 Å². The van der Waals surface area contributed by atoms with E-state index in [4.69, 9.17) is 4.55 Å². The summed E-state index contributed by atoms with van der Waals surface area (Å²) in [5, 5.41) is 0. The van der Waals surface area contributed by atoms with Crippen LogP contribution in [0.5, 0.6) is 0 Å². The third-order valence-electron chi connectivity index (χ3n) is 2.79. The molecule has 0 fully saturated rings. The molecule has 1 N–H and O–H groups in total. The average molecular weight is 268 g/mol. The summed E-state index contributed by atoms with van der Waals surface area (Å²) >= 11 is 0. The van der Waals surface area contributed by atoms with Crippen molar-refractivity contribution in [2.24, 2.45) is 0 Å². The number of unbranched alkanes of at least 4 members (excludes halogenated alkanes) is 9. The maximum Gasteiger partial charge on any atom is 0.264 e. The van der Waals surface area contributed by atoms with Crippen molar-refractivity contribution in [1.29, 1.82) is 0 Å². The average Bonchev–Trinajstić information content (AvgIpc) is 2.24. The molecule has 0 amide bonds. The normalized spacial score (nSPS) is 11.9. The van der Waals surface area contributed by atoms with Gasteiger partial charge in [-0.05, 0) is 12.8 Å². The van der Waals surface area contributed by atoms with Crippen molar-refractivity contribution in [3.63, 3.8) is 0 Å². The Labute approximate surface area is 105 Å². The summed E-state index contributed by atoms with van der Waals surface area (Å²) in [6.07, 6.45) is 9.88. The lowest BCUT2D eigenvalue weighted by Crippen LogP contribution is -2.03. The van der Waals surface area contributed by atoms with Crippen LogP contribution in [-0.2, 0) is 10.1 Å². The third-order valence-corrected chi connectivity index (χ3v) is 3.59. The van der Waals surface area contributed by atoms with Crippen LogP contribution in [0.25, 0.3) is 0 Å². The number of alkyl halides is 1. The molecule has 0 aromatic rings. The highest BCUT2D eigenvalue weighted by atomic mass is 32.2. The van der Waals surface area contributed by atoms with E-state index >= 15 is 0 Å². The molecule has 0 spiro atoms. The van der Waals surface area contributed by atoms with Gasteiger partial charge in [0.2, 0.25) is 0 Å². The molecule has 0 aromatic heterocycles. The summed E-state index contributed by atoms with van der Waals surface area (Å²) in [5.74, 6) is -0.115. The molecule has 0 unspecified atom stereocenters. The van der Waals surface area contributed by atoms with Gasteiger partial charge >= 0.3 is 0 Å². The van der Waals surface area contributed by atoms with Crippen molar-refractivity contribution in [3.8, 4) is 0 Å². The van der Waals surface area contributed by atoms with Gasteiger partial charge in [0, 0.05) is 0 Å². The Morgan fingerprint density at radius 3 is 1.41 bits per heavy atom. The largest absolute Gasteiger partial charge is 0.286 e. The Bertz CT molecular complexity index is 252. The lowest BCUT2D eigenvalue weighted by Gasteiger charge is -2.01. The van der Waals surface area contributed by atoms with Crippen LogP contribution in [0.15, 0.2) is 0 Å². The molecule has 0 aliphatic heterocycles. The second kappa shape index (κ2) is 11.0. The van der Waals surface area contributed by atoms with E-state index in [0.29, 0.717) is 12.8 Å². The predicted molar refractivity (Wildman–Crippen MR) is 68.6 cm³/mol. The van der Waals surface area contributed by atoms with E-state index in [0.717, 1.165) is 32.1 Å². The molecule has 5 heteroatoms. The number of rotatable bonds is 12. The smallest absolute Gasteiger partial charge is 0.264 e. The zero-order chi connectivity index (χ0) is 13.0. The molecule has 0 atom stereocenters. The number of halogens is 1. The van der Waals surface area contributed by atoms with Crippen molar-refractivity contribution in [2.45, 2.75) is 64.2 Å². The van der Waals surface area contributed by atoms with Crippen molar-refractivity contribution in [2.75, 3.05) is 12.4 Å². The molecule has 0 radical (unpaired) electrons. The first-order valence-electron chi connectivity index (χ1n) is 6.57. The summed E-state index contributed by atoms with van der Waals surface area (Å²) in [4.78, 5) is 0. The minimum atomic E-state index is -3.76. The standard InChI is InChI=1S/C12H25FO3S/c13-11-9-7-5-3-1-2-4-6-8-10-12-17(14,15)16/h1-12H2,(H,14,15,16). The van der Waals surface area contributed by atoms with Gasteiger partial charge in [-0.3, -0.25) is 8.94 Å². The first kappa shape index (κ1) is 16.8. The molecule has 0 rings (SSSR count). The van der Waals surface area contributed by atoms with Crippen LogP contribution >= 0.6 is 0 Å². The SMILES string of the molecule is O=S(=O)(O)CCCCCCCCCCCCF. The van der Waals surface area contributed by atoms with Crippen LogP contribution in [0.3, 0.4) is 0 Å². The first-order chi connectivity index (χ1) is 8.06. The van der Waals surface area contributed by atoms with Crippen LogP contribution < -0.4 is 0 Å². The Balaban J connectivity index is 3.04. The van der Waals surface area contributed by atoms with Gasteiger partial charge in [0.15, 0.2) is 0 Å². The Morgan fingerprint density at radius 1 is 0.706 bits per heavy atom. The third kappa shape index (κ3) is 15.8. The van der Waals surface area contributed by atoms with E-state index in [-0.39, 0.29) is 12.4 Å². The summed E-state index contributed by atoms with van der Waals surface area (Å²) in [6.45, 7) is -0.201. The van der Waals surface area contributed by atoms with Crippen LogP contribution in [0.2, 0.25) is 0 Å². The van der Waals surface area contributed by atoms with Crippen LogP contribution in [0, 0.1) is 0 Å². The molecular weight excluding hydrogens is 243 g/mol. The molecule has 0 saturated heterocycles. The maximum absolute atomic E-state index is 11.8. The topological polar surface area (TPSA) is 54.4 Å². The van der Waals surface area contributed by atoms with Gasteiger partial charge in [-0.1, -0.05) is 51.4 Å². The molecule has 0 heterocycles. The van der Waals surface area contributed by atoms with E-state index in [2.05, 4.69) is 0 Å². The summed E-state index contributed by atoms with van der Waals surface area (Å²) in [6, 6.07) is 0. The molecule has 0 saturated carbocycles. The zero-order valence-electron chi connectivity index (χ0n) is 10.5. The lowest BCUT2D eigenvalue weighted by molar-refractivity contribution is 0.449. The van der Waals surface area contributed by atoms with Gasteiger partial charge in [-0.2, -0.15) is 8.42 Å². The summed E-state index contributed by atoms with van der Waals surface area (Å²) in [5.41, 5.74) is 0. The first-order valence-corrected chi connectivity index (χ1v) is 8.18. The van der Waals surface area contributed by atoms with Crippen LogP contribution in [0.1, 0.15) is 64.2 Å². The second-order valence-corrected chi connectivity index (χ2v) is 6.08. The fourth-order valence-electron chi connectivity index (χ4n) is 1.79. The molecule has 0 aromatic carbocycles. The van der Waals surface area contributed by atoms with Gasteiger partial charge in [-0.15, -0.1) is 0 Å². The van der Waals surface area contributed by atoms with Crippen molar-refractivity contribution < 1.29 is 17.4 Å². The highest BCUT2D eigenvalue weighted by Crippen LogP contribution is 2.10. The molecule has 0 bridgehead atoms. The second-order valence-electron chi connectivity index (χ2n) is 4.51. The number of hydrogen-bond donors (Lipinski definition) is 1. The monoisotopic (exact) mass is 268 g/mol. The van der Waals surface area contributed by atoms with E-state index in [9.17, 15) is 12.8 Å². The molecule has 3 nitrogen and oxygen atoms in total. The van der Waals surface area contributed by atoms with Crippen molar-refractivity contribution in [1.82, 2.24) is 0 Å². The van der Waals surface area contributed by atoms with E-state index in [1.54, 1.807) is 0 Å². The van der Waals surface area contributed by atoms with E-state index in [1.165, 1.54) is 19.3 Å². The minimum absolute atomic E-state index is 0.115. The lowest BCUT2D eigenvalue weighted by atomic mass is 10.1. The Morgan fingerprint density at radius 2 is 1.06 bits per heavy atom. The molecule has 0 aliphatic rings. The van der Waals surface area contributed by atoms with Crippen LogP contribution in [0.4, 0.5) is 4.39 Å². The van der Waals surface area contributed by atoms with Crippen molar-refractivity contribution >= 4 is 10.1 Å². The number of hydrogen-bond acceptors (Lipinski definition) is 2. The maximum atomic E-state index is 11.8. The van der Waals surface area contributed by atoms with Gasteiger partial charge in [0.25, 0.3) is 10.1 Å². The zero-order valence-corrected chi connectivity index (χ0v) is 11.4. The van der Waals surface area contributed by atoms with Gasteiger partial charge < -0.3 is 0 Å². The van der Waals surface area contributed by atoms with Crippen molar-refractivity contribution in [3.05, 3.63) is 0 Å². The summed E-state index contributed by atoms with van der Waals surface area (Å²) < 4.78 is 41.1. The highest BCUT2D eigenvalue weighted by Gasteiger charge is 2.02. The molecular formula is C12H25FO3S. The quantitative estimate of drug-likeness (QED) is 0.433. The molecule has 0 aliphatic carbocycles. The van der Waals surface area contributed by atoms with Gasteiger partial charge in [-0.25, -0.2) is 0 Å². The Hall–Kier alpha value is -0.160. The molecule has 104 valence electrons. The minimum Gasteiger partial charge on any atom is -0.286 e. The van der Waals surface area contributed by atoms with E-state index in [1.807, 2.05) is 0 Å². The fraction of sp³-hybridized carbons (Fsp3) is 1.00. The fourth-order valence-corrected chi connectivity index (χ4v) is 2.36. The Kier molecular flexibility index (Phi) is 10.9. The molecule has 17 heavy (non-hydrogen) atoms. The van der Waals surface area contributed by atoms with Gasteiger partial charge in [0.1, 0.15) is 0 Å². The predicted octanol–water partition coefficient (Wildman–Crippen LogP) is 3.74. The van der Waals surface area contributed by atoms with Crippen LogP contribution in [-0.4, -0.2) is 25.4 Å². The summed E-state index contributed by atoms with van der Waals surface area (Å²) in [7, 11) is -3.76. The van der Waals surface area contributed by atoms with E-state index < -0.39 is 10.1 Å². The highest BCUT2D eigenvalue weighted by molar-refractivity contribution is 7.85.